The van der Waals surface area contributed by atoms with Crippen molar-refractivity contribution in [2.24, 2.45) is 0 Å². The fourth-order valence-corrected chi connectivity index (χ4v) is 2.97. The maximum Gasteiger partial charge on any atom is 0.511 e. The summed E-state index contributed by atoms with van der Waals surface area (Å²) in [5.74, 6) is -0.803. The van der Waals surface area contributed by atoms with E-state index in [-0.39, 0.29) is 4.31 Å². The van der Waals surface area contributed by atoms with Gasteiger partial charge in [-0.2, -0.15) is 17.5 Å². The number of nitrogens with zero attached hydrogens (tertiary/aromatic N) is 1. The Morgan fingerprint density at radius 1 is 1.30 bits per heavy atom. The zero-order valence-corrected chi connectivity index (χ0v) is 11.1. The lowest BCUT2D eigenvalue weighted by Gasteiger charge is -2.25. The predicted molar refractivity (Wildman–Crippen MR) is 65.1 cm³/mol. The second-order valence-corrected chi connectivity index (χ2v) is 6.20. The molecule has 1 aliphatic heterocycles. The number of hydrogen-bond acceptors (Lipinski definition) is 3. The number of carbonyl (C=O) groups excluding carboxylic acids is 1. The lowest BCUT2D eigenvalue weighted by molar-refractivity contribution is -0.119. The quantitative estimate of drug-likeness (QED) is 0.858. The molecule has 1 aromatic carbocycles. The summed E-state index contributed by atoms with van der Waals surface area (Å²) >= 11 is 0. The molecule has 0 aliphatic carbocycles. The number of alkyl halides is 3. The zero-order chi connectivity index (χ0) is 15.1. The van der Waals surface area contributed by atoms with Gasteiger partial charge in [0.15, 0.2) is 0 Å². The number of fused-ring (bicyclic) bond motifs is 1. The van der Waals surface area contributed by atoms with Crippen molar-refractivity contribution >= 4 is 21.6 Å². The van der Waals surface area contributed by atoms with Gasteiger partial charge in [0.2, 0.25) is 5.91 Å². The Kier molecular flexibility index (Phi) is 3.51. The van der Waals surface area contributed by atoms with Crippen LogP contribution in [0.15, 0.2) is 24.3 Å². The van der Waals surface area contributed by atoms with Gasteiger partial charge in [-0.05, 0) is 18.6 Å². The Hall–Kier alpha value is -1.61. The molecule has 0 spiro atoms. The maximum absolute atomic E-state index is 12.7. The third kappa shape index (κ3) is 2.38. The number of para-hydroxylation sites is 1. The van der Waals surface area contributed by atoms with E-state index in [4.69, 9.17) is 0 Å². The summed E-state index contributed by atoms with van der Waals surface area (Å²) in [6.45, 7) is 0.600. The fourth-order valence-electron chi connectivity index (χ4n) is 1.88. The van der Waals surface area contributed by atoms with Gasteiger partial charge >= 0.3 is 15.5 Å². The Morgan fingerprint density at radius 3 is 2.50 bits per heavy atom. The Bertz CT molecular complexity index is 643. The highest BCUT2D eigenvalue weighted by Crippen LogP contribution is 2.32. The molecule has 1 atom stereocenters. The van der Waals surface area contributed by atoms with Crippen LogP contribution in [0.2, 0.25) is 0 Å². The number of amides is 1. The second kappa shape index (κ2) is 4.74. The van der Waals surface area contributed by atoms with Crippen LogP contribution in [-0.4, -0.2) is 30.2 Å². The van der Waals surface area contributed by atoms with E-state index in [1.807, 2.05) is 0 Å². The smallest absolute Gasteiger partial charge is 0.324 e. The molecule has 1 N–H and O–H groups in total. The van der Waals surface area contributed by atoms with E-state index in [0.29, 0.717) is 11.3 Å². The Morgan fingerprint density at radius 2 is 1.90 bits per heavy atom. The number of nitrogens with one attached hydrogen (secondary N) is 1. The molecule has 9 heteroatoms. The summed E-state index contributed by atoms with van der Waals surface area (Å²) < 4.78 is 61.3. The van der Waals surface area contributed by atoms with Crippen molar-refractivity contribution in [2.75, 3.05) is 5.32 Å². The molecular formula is C11H11F3N2O3S. The number of rotatable bonds is 1. The molecule has 0 radical (unpaired) electrons. The lowest BCUT2D eigenvalue weighted by Crippen LogP contribution is -2.48. The van der Waals surface area contributed by atoms with Crippen LogP contribution in [0.25, 0.3) is 0 Å². The summed E-state index contributed by atoms with van der Waals surface area (Å²) in [5, 5.41) is 2.41. The molecule has 2 rings (SSSR count). The molecule has 20 heavy (non-hydrogen) atoms. The average Bonchev–Trinajstić information content (AvgIpc) is 2.46. The highest BCUT2D eigenvalue weighted by Gasteiger charge is 2.52. The summed E-state index contributed by atoms with van der Waals surface area (Å²) in [6, 6.07) is 4.67. The molecule has 1 aromatic rings. The van der Waals surface area contributed by atoms with Gasteiger partial charge in [-0.1, -0.05) is 18.2 Å². The SMILES string of the molecule is CC1C(=O)Nc2ccccc2CN1S(=O)(=O)C(F)(F)F. The van der Waals surface area contributed by atoms with Gasteiger partial charge in [-0.3, -0.25) is 4.79 Å². The minimum Gasteiger partial charge on any atom is -0.324 e. The van der Waals surface area contributed by atoms with E-state index in [2.05, 4.69) is 5.32 Å². The van der Waals surface area contributed by atoms with Crippen molar-refractivity contribution in [1.82, 2.24) is 4.31 Å². The Balaban J connectivity index is 2.52. The highest BCUT2D eigenvalue weighted by atomic mass is 32.2. The van der Waals surface area contributed by atoms with Crippen LogP contribution in [-0.2, 0) is 21.4 Å². The van der Waals surface area contributed by atoms with Gasteiger partial charge < -0.3 is 5.32 Å². The molecule has 0 aromatic heterocycles. The minimum atomic E-state index is -5.58. The first-order valence-corrected chi connectivity index (χ1v) is 7.05. The lowest BCUT2D eigenvalue weighted by atomic mass is 10.2. The van der Waals surface area contributed by atoms with Gasteiger partial charge in [-0.15, -0.1) is 0 Å². The van der Waals surface area contributed by atoms with Gasteiger partial charge in [0.25, 0.3) is 0 Å². The monoisotopic (exact) mass is 308 g/mol. The van der Waals surface area contributed by atoms with Crippen molar-refractivity contribution in [3.05, 3.63) is 29.8 Å². The largest absolute Gasteiger partial charge is 0.511 e. The third-order valence-corrected chi connectivity index (χ3v) is 4.66. The van der Waals surface area contributed by atoms with Crippen LogP contribution in [0, 0.1) is 0 Å². The minimum absolute atomic E-state index is 0.161. The Labute approximate surface area is 113 Å². The molecular weight excluding hydrogens is 297 g/mol. The predicted octanol–water partition coefficient (Wildman–Crippen LogP) is 1.68. The molecule has 0 saturated carbocycles. The topological polar surface area (TPSA) is 66.5 Å². The summed E-state index contributed by atoms with van der Waals surface area (Å²) in [7, 11) is -5.58. The van der Waals surface area contributed by atoms with Crippen LogP contribution >= 0.6 is 0 Å². The number of anilines is 1. The number of sulfonamides is 1. The number of carbonyl (C=O) groups is 1. The van der Waals surface area contributed by atoms with Crippen LogP contribution in [0.3, 0.4) is 0 Å². The van der Waals surface area contributed by atoms with Gasteiger partial charge in [-0.25, -0.2) is 8.42 Å². The van der Waals surface area contributed by atoms with Crippen molar-refractivity contribution in [3.63, 3.8) is 0 Å². The molecule has 1 aliphatic rings. The first-order valence-electron chi connectivity index (χ1n) is 5.61. The van der Waals surface area contributed by atoms with Crippen molar-refractivity contribution < 1.29 is 26.4 Å². The van der Waals surface area contributed by atoms with Crippen LogP contribution in [0.1, 0.15) is 12.5 Å². The normalized spacial score (nSPS) is 21.0. The molecule has 1 heterocycles. The molecule has 5 nitrogen and oxygen atoms in total. The second-order valence-electron chi connectivity index (χ2n) is 4.32. The molecule has 0 fully saturated rings. The number of benzene rings is 1. The molecule has 0 saturated heterocycles. The summed E-state index contributed by atoms with van der Waals surface area (Å²) in [4.78, 5) is 11.8. The van der Waals surface area contributed by atoms with E-state index in [9.17, 15) is 26.4 Å². The van der Waals surface area contributed by atoms with Crippen molar-refractivity contribution in [2.45, 2.75) is 25.0 Å². The number of hydrogen-bond donors (Lipinski definition) is 1. The summed E-state index contributed by atoms with van der Waals surface area (Å²) in [5.41, 5.74) is -4.83. The van der Waals surface area contributed by atoms with Gasteiger partial charge in [0, 0.05) is 12.2 Å². The van der Waals surface area contributed by atoms with E-state index in [1.165, 1.54) is 12.1 Å². The van der Waals surface area contributed by atoms with Gasteiger partial charge in [0.1, 0.15) is 6.04 Å². The number of halogens is 3. The average molecular weight is 308 g/mol. The van der Waals surface area contributed by atoms with Crippen LogP contribution in [0.4, 0.5) is 18.9 Å². The van der Waals surface area contributed by atoms with Crippen LogP contribution < -0.4 is 5.32 Å². The summed E-state index contributed by atoms with van der Waals surface area (Å²) in [6.07, 6.45) is 0. The van der Waals surface area contributed by atoms with Crippen LogP contribution in [0.5, 0.6) is 0 Å². The fraction of sp³-hybridized carbons (Fsp3) is 0.364. The molecule has 1 amide bonds. The zero-order valence-electron chi connectivity index (χ0n) is 10.3. The maximum atomic E-state index is 12.7. The molecule has 110 valence electrons. The third-order valence-electron chi connectivity index (χ3n) is 3.01. The molecule has 1 unspecified atom stereocenters. The van der Waals surface area contributed by atoms with E-state index < -0.39 is 34.0 Å². The first kappa shape index (κ1) is 14.8. The van der Waals surface area contributed by atoms with Gasteiger partial charge in [0.05, 0.1) is 0 Å². The standard InChI is InChI=1S/C11H11F3N2O3S/c1-7-10(17)15-9-5-3-2-4-8(9)6-16(7)20(18,19)11(12,13)14/h2-5,7H,6H2,1H3,(H,15,17). The van der Waals surface area contributed by atoms with E-state index >= 15 is 0 Å². The van der Waals surface area contributed by atoms with Crippen molar-refractivity contribution in [1.29, 1.82) is 0 Å². The van der Waals surface area contributed by atoms with E-state index in [0.717, 1.165) is 6.92 Å². The first-order chi connectivity index (χ1) is 9.14. The highest BCUT2D eigenvalue weighted by molar-refractivity contribution is 7.90. The van der Waals surface area contributed by atoms with Crippen molar-refractivity contribution in [3.8, 4) is 0 Å². The van der Waals surface area contributed by atoms with E-state index in [1.54, 1.807) is 12.1 Å². The molecule has 0 bridgehead atoms.